The fourth-order valence-corrected chi connectivity index (χ4v) is 3.32. The van der Waals surface area contributed by atoms with E-state index in [0.717, 1.165) is 17.1 Å². The molecule has 0 saturated carbocycles. The predicted octanol–water partition coefficient (Wildman–Crippen LogP) is 4.28. The normalized spacial score (nSPS) is 12.2. The molecule has 0 fully saturated rings. The molecule has 0 aromatic heterocycles. The van der Waals surface area contributed by atoms with Gasteiger partial charge in [0.05, 0.1) is 13.2 Å². The van der Waals surface area contributed by atoms with Crippen molar-refractivity contribution in [3.8, 4) is 5.75 Å². The van der Waals surface area contributed by atoms with E-state index < -0.39 is 6.10 Å². The molecule has 0 spiro atoms. The minimum absolute atomic E-state index is 0.462. The van der Waals surface area contributed by atoms with Gasteiger partial charge in [0.25, 0.3) is 0 Å². The van der Waals surface area contributed by atoms with E-state index in [4.69, 9.17) is 4.74 Å². The van der Waals surface area contributed by atoms with Gasteiger partial charge in [0, 0.05) is 11.5 Å². The van der Waals surface area contributed by atoms with Gasteiger partial charge in [-0.1, -0.05) is 41.5 Å². The van der Waals surface area contributed by atoms with Gasteiger partial charge < -0.3 is 9.84 Å². The number of aliphatic hydroxyl groups is 1. The highest BCUT2D eigenvalue weighted by Gasteiger charge is 2.09. The summed E-state index contributed by atoms with van der Waals surface area (Å²) in [7, 11) is 1.64. The van der Waals surface area contributed by atoms with Crippen molar-refractivity contribution in [1.82, 2.24) is 0 Å². The third-order valence-corrected chi connectivity index (χ3v) is 4.39. The summed E-state index contributed by atoms with van der Waals surface area (Å²) in [6, 6.07) is 14.2. The third kappa shape index (κ3) is 4.80. The molecule has 0 aliphatic carbocycles. The van der Waals surface area contributed by atoms with Crippen LogP contribution >= 0.6 is 11.8 Å². The summed E-state index contributed by atoms with van der Waals surface area (Å²) in [6.45, 7) is 4.23. The van der Waals surface area contributed by atoms with E-state index in [1.807, 2.05) is 24.3 Å². The average molecular weight is 302 g/mol. The van der Waals surface area contributed by atoms with Crippen LogP contribution in [0.1, 0.15) is 28.4 Å². The van der Waals surface area contributed by atoms with Crippen LogP contribution in [-0.4, -0.2) is 18.0 Å². The zero-order chi connectivity index (χ0) is 15.2. The fourth-order valence-electron chi connectivity index (χ4n) is 2.39. The molecule has 0 aliphatic heterocycles. The lowest BCUT2D eigenvalue weighted by Gasteiger charge is -2.12. The molecule has 0 bridgehead atoms. The molecule has 1 unspecified atom stereocenters. The largest absolute Gasteiger partial charge is 0.497 e. The van der Waals surface area contributed by atoms with E-state index in [1.165, 1.54) is 16.7 Å². The Labute approximate surface area is 131 Å². The van der Waals surface area contributed by atoms with Crippen molar-refractivity contribution in [3.05, 3.63) is 64.7 Å². The third-order valence-electron chi connectivity index (χ3n) is 3.30. The zero-order valence-corrected chi connectivity index (χ0v) is 13.6. The van der Waals surface area contributed by atoms with Crippen LogP contribution in [0.5, 0.6) is 5.75 Å². The molecule has 21 heavy (non-hydrogen) atoms. The Bertz CT molecular complexity index is 575. The number of hydrogen-bond donors (Lipinski definition) is 1. The van der Waals surface area contributed by atoms with Crippen LogP contribution in [0.4, 0.5) is 0 Å². The Morgan fingerprint density at radius 3 is 2.48 bits per heavy atom. The van der Waals surface area contributed by atoms with Crippen molar-refractivity contribution in [2.75, 3.05) is 12.9 Å². The van der Waals surface area contributed by atoms with Crippen LogP contribution in [-0.2, 0) is 5.75 Å². The van der Waals surface area contributed by atoms with Crippen molar-refractivity contribution in [3.63, 3.8) is 0 Å². The number of rotatable bonds is 6. The molecule has 1 atom stereocenters. The molecule has 2 aromatic rings. The molecule has 3 heteroatoms. The van der Waals surface area contributed by atoms with Crippen LogP contribution in [0.15, 0.2) is 42.5 Å². The summed E-state index contributed by atoms with van der Waals surface area (Å²) in [5.41, 5.74) is 4.80. The van der Waals surface area contributed by atoms with Crippen molar-refractivity contribution in [1.29, 1.82) is 0 Å². The Morgan fingerprint density at radius 1 is 1.10 bits per heavy atom. The highest BCUT2D eigenvalue weighted by atomic mass is 32.2. The van der Waals surface area contributed by atoms with E-state index in [1.54, 1.807) is 18.9 Å². The van der Waals surface area contributed by atoms with Crippen molar-refractivity contribution in [2.45, 2.75) is 25.7 Å². The van der Waals surface area contributed by atoms with Gasteiger partial charge in [0.1, 0.15) is 5.75 Å². The minimum atomic E-state index is -0.462. The average Bonchev–Trinajstić information content (AvgIpc) is 2.46. The molecule has 112 valence electrons. The molecule has 2 aromatic carbocycles. The van der Waals surface area contributed by atoms with E-state index >= 15 is 0 Å². The van der Waals surface area contributed by atoms with Gasteiger partial charge in [-0.3, -0.25) is 0 Å². The van der Waals surface area contributed by atoms with Gasteiger partial charge in [0.2, 0.25) is 0 Å². The Kier molecular flexibility index (Phi) is 5.71. The van der Waals surface area contributed by atoms with Gasteiger partial charge in [-0.15, -0.1) is 0 Å². The molecule has 2 rings (SSSR count). The molecular weight excluding hydrogens is 280 g/mol. The standard InChI is InChI=1S/C18H22O2S/c1-13-7-14(2)9-15(8-13)11-21-12-18(19)16-5-4-6-17(10-16)20-3/h4-10,18-19H,11-12H2,1-3H3. The molecule has 1 N–H and O–H groups in total. The lowest BCUT2D eigenvalue weighted by Crippen LogP contribution is -2.01. The molecule has 0 aliphatic rings. The van der Waals surface area contributed by atoms with Crippen LogP contribution in [0.25, 0.3) is 0 Å². The summed E-state index contributed by atoms with van der Waals surface area (Å²) in [5, 5.41) is 10.3. The quantitative estimate of drug-likeness (QED) is 0.863. The van der Waals surface area contributed by atoms with Crippen LogP contribution < -0.4 is 4.74 Å². The first-order chi connectivity index (χ1) is 10.1. The van der Waals surface area contributed by atoms with Gasteiger partial charge in [-0.25, -0.2) is 0 Å². The van der Waals surface area contributed by atoms with Gasteiger partial charge in [-0.05, 0) is 37.1 Å². The molecule has 0 amide bonds. The van der Waals surface area contributed by atoms with Crippen LogP contribution in [0.2, 0.25) is 0 Å². The zero-order valence-electron chi connectivity index (χ0n) is 12.8. The first-order valence-electron chi connectivity index (χ1n) is 7.05. The number of benzene rings is 2. The van der Waals surface area contributed by atoms with Gasteiger partial charge >= 0.3 is 0 Å². The Hall–Kier alpha value is -1.45. The number of methoxy groups -OCH3 is 1. The molecule has 0 heterocycles. The van der Waals surface area contributed by atoms with Crippen molar-refractivity contribution in [2.24, 2.45) is 0 Å². The lowest BCUT2D eigenvalue weighted by molar-refractivity contribution is 0.203. The van der Waals surface area contributed by atoms with Gasteiger partial charge in [0.15, 0.2) is 0 Å². The second-order valence-corrected chi connectivity index (χ2v) is 6.33. The van der Waals surface area contributed by atoms with E-state index in [9.17, 15) is 5.11 Å². The first-order valence-corrected chi connectivity index (χ1v) is 8.21. The maximum absolute atomic E-state index is 10.3. The van der Waals surface area contributed by atoms with Crippen LogP contribution in [0, 0.1) is 13.8 Å². The topological polar surface area (TPSA) is 29.5 Å². The lowest BCUT2D eigenvalue weighted by atomic mass is 10.1. The van der Waals surface area contributed by atoms with Gasteiger partial charge in [-0.2, -0.15) is 11.8 Å². The summed E-state index contributed by atoms with van der Waals surface area (Å²) in [6.07, 6.45) is -0.462. The van der Waals surface area contributed by atoms with E-state index in [-0.39, 0.29) is 0 Å². The summed E-state index contributed by atoms with van der Waals surface area (Å²) in [5.74, 6) is 2.38. The Balaban J connectivity index is 1.90. The molecule has 0 saturated heterocycles. The number of hydrogen-bond acceptors (Lipinski definition) is 3. The predicted molar refractivity (Wildman–Crippen MR) is 90.0 cm³/mol. The molecule has 2 nitrogen and oxygen atoms in total. The number of ether oxygens (including phenoxy) is 1. The van der Waals surface area contributed by atoms with E-state index in [2.05, 4.69) is 32.0 Å². The Morgan fingerprint density at radius 2 is 1.81 bits per heavy atom. The maximum atomic E-state index is 10.3. The summed E-state index contributed by atoms with van der Waals surface area (Å²) < 4.78 is 5.19. The highest BCUT2D eigenvalue weighted by Crippen LogP contribution is 2.24. The van der Waals surface area contributed by atoms with Crippen molar-refractivity contribution >= 4 is 11.8 Å². The smallest absolute Gasteiger partial charge is 0.119 e. The second kappa shape index (κ2) is 7.53. The van der Waals surface area contributed by atoms with E-state index in [0.29, 0.717) is 5.75 Å². The fraction of sp³-hybridized carbons (Fsp3) is 0.333. The van der Waals surface area contributed by atoms with Crippen molar-refractivity contribution < 1.29 is 9.84 Å². The number of aliphatic hydroxyl groups excluding tert-OH is 1. The maximum Gasteiger partial charge on any atom is 0.119 e. The first kappa shape index (κ1) is 15.9. The molecular formula is C18H22O2S. The SMILES string of the molecule is COc1cccc(C(O)CSCc2cc(C)cc(C)c2)c1. The summed E-state index contributed by atoms with van der Waals surface area (Å²) in [4.78, 5) is 0. The minimum Gasteiger partial charge on any atom is -0.497 e. The van der Waals surface area contributed by atoms with Crippen LogP contribution in [0.3, 0.4) is 0 Å². The number of thioether (sulfide) groups is 1. The highest BCUT2D eigenvalue weighted by molar-refractivity contribution is 7.98. The second-order valence-electron chi connectivity index (χ2n) is 5.30. The monoisotopic (exact) mass is 302 g/mol. The summed E-state index contributed by atoms with van der Waals surface area (Å²) >= 11 is 1.75. The molecule has 0 radical (unpaired) electrons. The number of aryl methyl sites for hydroxylation is 2.